The molecule has 0 saturated heterocycles. The third-order valence-electron chi connectivity index (χ3n) is 4.08. The molecule has 2 aromatic carbocycles. The zero-order valence-electron chi connectivity index (χ0n) is 15.2. The van der Waals surface area contributed by atoms with Crippen LogP contribution in [0.1, 0.15) is 24.2 Å². The number of benzene rings is 2. The van der Waals surface area contributed by atoms with Crippen molar-refractivity contribution in [3.63, 3.8) is 0 Å². The molecule has 7 heteroatoms. The molecule has 0 aliphatic rings. The Morgan fingerprint density at radius 1 is 1.04 bits per heavy atom. The normalized spacial score (nSPS) is 11.0. The van der Waals surface area contributed by atoms with Crippen LogP contribution in [0.5, 0.6) is 0 Å². The molecule has 0 fully saturated rings. The predicted octanol–water partition coefficient (Wildman–Crippen LogP) is 4.48. The maximum atomic E-state index is 5.29. The molecule has 0 saturated carbocycles. The van der Waals surface area contributed by atoms with Crippen LogP contribution in [0.25, 0.3) is 17.1 Å². The van der Waals surface area contributed by atoms with Crippen molar-refractivity contribution in [1.29, 1.82) is 0 Å². The second kappa shape index (κ2) is 7.75. The van der Waals surface area contributed by atoms with E-state index in [2.05, 4.69) is 62.2 Å². The summed E-state index contributed by atoms with van der Waals surface area (Å²) in [5, 5.41) is 13.6. The number of aryl methyl sites for hydroxylation is 2. The summed E-state index contributed by atoms with van der Waals surface area (Å²) >= 11 is 1.53. The van der Waals surface area contributed by atoms with Crippen molar-refractivity contribution in [2.24, 2.45) is 0 Å². The lowest BCUT2D eigenvalue weighted by atomic mass is 10.1. The fourth-order valence-corrected chi connectivity index (χ4v) is 3.55. The standard InChI is InChI=1S/C20H19N5OS/c1-3-17-21-18(26-24-17)13-27-20-23-22-19(15-9-7-8-14(2)12-15)25(20)16-10-5-4-6-11-16/h4-12H,3,13H2,1-2H3. The van der Waals surface area contributed by atoms with Gasteiger partial charge in [0.2, 0.25) is 5.89 Å². The van der Waals surface area contributed by atoms with Gasteiger partial charge in [-0.2, -0.15) is 4.98 Å². The highest BCUT2D eigenvalue weighted by Gasteiger charge is 2.17. The summed E-state index contributed by atoms with van der Waals surface area (Å²) in [6.07, 6.45) is 0.756. The van der Waals surface area contributed by atoms with Crippen molar-refractivity contribution in [3.8, 4) is 17.1 Å². The molecule has 6 nitrogen and oxygen atoms in total. The minimum atomic E-state index is 0.547. The molecular weight excluding hydrogens is 358 g/mol. The maximum Gasteiger partial charge on any atom is 0.237 e. The molecule has 0 atom stereocenters. The van der Waals surface area contributed by atoms with E-state index < -0.39 is 0 Å². The van der Waals surface area contributed by atoms with Crippen LogP contribution in [-0.4, -0.2) is 24.9 Å². The van der Waals surface area contributed by atoms with E-state index >= 15 is 0 Å². The molecule has 136 valence electrons. The molecular formula is C20H19N5OS. The number of aromatic nitrogens is 5. The highest BCUT2D eigenvalue weighted by Crippen LogP contribution is 2.29. The molecule has 2 heterocycles. The lowest BCUT2D eigenvalue weighted by Gasteiger charge is -2.10. The third-order valence-corrected chi connectivity index (χ3v) is 4.99. The average molecular weight is 377 g/mol. The van der Waals surface area contributed by atoms with Gasteiger partial charge < -0.3 is 4.52 Å². The van der Waals surface area contributed by atoms with Crippen molar-refractivity contribution < 1.29 is 4.52 Å². The monoisotopic (exact) mass is 377 g/mol. The van der Waals surface area contributed by atoms with Crippen LogP contribution in [0.4, 0.5) is 0 Å². The van der Waals surface area contributed by atoms with Crippen molar-refractivity contribution in [2.45, 2.75) is 31.2 Å². The van der Waals surface area contributed by atoms with Crippen LogP contribution in [0.15, 0.2) is 64.3 Å². The molecule has 27 heavy (non-hydrogen) atoms. The van der Waals surface area contributed by atoms with Crippen molar-refractivity contribution in [3.05, 3.63) is 71.9 Å². The van der Waals surface area contributed by atoms with E-state index in [0.717, 1.165) is 34.5 Å². The van der Waals surface area contributed by atoms with Gasteiger partial charge in [0.25, 0.3) is 0 Å². The molecule has 0 radical (unpaired) electrons. The topological polar surface area (TPSA) is 69.6 Å². The molecule has 0 amide bonds. The van der Waals surface area contributed by atoms with Gasteiger partial charge in [-0.1, -0.05) is 65.8 Å². The molecule has 0 unspecified atom stereocenters. The Labute approximate surface area is 161 Å². The molecule has 4 aromatic rings. The van der Waals surface area contributed by atoms with E-state index in [1.54, 1.807) is 0 Å². The Hall–Kier alpha value is -2.93. The predicted molar refractivity (Wildman–Crippen MR) is 105 cm³/mol. The van der Waals surface area contributed by atoms with Gasteiger partial charge in [0.05, 0.1) is 5.75 Å². The number of hydrogen-bond donors (Lipinski definition) is 0. The fourth-order valence-electron chi connectivity index (χ4n) is 2.76. The minimum absolute atomic E-state index is 0.547. The summed E-state index contributed by atoms with van der Waals surface area (Å²) in [6.45, 7) is 4.07. The summed E-state index contributed by atoms with van der Waals surface area (Å²) in [6, 6.07) is 18.4. The minimum Gasteiger partial charge on any atom is -0.338 e. The van der Waals surface area contributed by atoms with Gasteiger partial charge in [-0.05, 0) is 25.1 Å². The zero-order chi connectivity index (χ0) is 18.6. The van der Waals surface area contributed by atoms with Gasteiger partial charge in [0.1, 0.15) is 0 Å². The number of para-hydroxylation sites is 1. The van der Waals surface area contributed by atoms with E-state index in [1.807, 2.05) is 31.2 Å². The Bertz CT molecular complexity index is 1040. The highest BCUT2D eigenvalue weighted by molar-refractivity contribution is 7.98. The second-order valence-corrected chi connectivity index (χ2v) is 7.04. The van der Waals surface area contributed by atoms with Gasteiger partial charge in [-0.3, -0.25) is 4.57 Å². The first-order valence-corrected chi connectivity index (χ1v) is 9.75. The largest absolute Gasteiger partial charge is 0.338 e. The molecule has 0 aliphatic carbocycles. The summed E-state index contributed by atoms with van der Waals surface area (Å²) in [5.41, 5.74) is 3.23. The van der Waals surface area contributed by atoms with Gasteiger partial charge in [-0.25, -0.2) is 0 Å². The van der Waals surface area contributed by atoms with E-state index in [4.69, 9.17) is 4.52 Å². The van der Waals surface area contributed by atoms with Crippen LogP contribution in [0, 0.1) is 6.92 Å². The Morgan fingerprint density at radius 3 is 2.63 bits per heavy atom. The molecule has 0 bridgehead atoms. The Balaban J connectivity index is 1.71. The zero-order valence-corrected chi connectivity index (χ0v) is 16.0. The Kier molecular flexibility index (Phi) is 5.02. The van der Waals surface area contributed by atoms with E-state index in [-0.39, 0.29) is 0 Å². The third kappa shape index (κ3) is 3.78. The molecule has 0 N–H and O–H groups in total. The fraction of sp³-hybridized carbons (Fsp3) is 0.200. The van der Waals surface area contributed by atoms with E-state index in [0.29, 0.717) is 11.6 Å². The van der Waals surface area contributed by atoms with Crippen LogP contribution in [0.3, 0.4) is 0 Å². The van der Waals surface area contributed by atoms with Crippen molar-refractivity contribution >= 4 is 11.8 Å². The smallest absolute Gasteiger partial charge is 0.237 e. The summed E-state index contributed by atoms with van der Waals surface area (Å²) in [4.78, 5) is 4.37. The van der Waals surface area contributed by atoms with Gasteiger partial charge in [0.15, 0.2) is 16.8 Å². The molecule has 0 spiro atoms. The first kappa shape index (κ1) is 17.5. The van der Waals surface area contributed by atoms with E-state index in [1.165, 1.54) is 17.3 Å². The van der Waals surface area contributed by atoms with Crippen molar-refractivity contribution in [1.82, 2.24) is 24.9 Å². The van der Waals surface area contributed by atoms with Gasteiger partial charge >= 0.3 is 0 Å². The highest BCUT2D eigenvalue weighted by atomic mass is 32.2. The van der Waals surface area contributed by atoms with Crippen LogP contribution in [0.2, 0.25) is 0 Å². The van der Waals surface area contributed by atoms with Crippen molar-refractivity contribution in [2.75, 3.05) is 0 Å². The maximum absolute atomic E-state index is 5.29. The SMILES string of the molecule is CCc1noc(CSc2nnc(-c3cccc(C)c3)n2-c2ccccc2)n1. The van der Waals surface area contributed by atoms with Crippen LogP contribution < -0.4 is 0 Å². The number of nitrogens with zero attached hydrogens (tertiary/aromatic N) is 5. The quantitative estimate of drug-likeness (QED) is 0.461. The number of hydrogen-bond acceptors (Lipinski definition) is 6. The van der Waals surface area contributed by atoms with Crippen LogP contribution >= 0.6 is 11.8 Å². The summed E-state index contributed by atoms with van der Waals surface area (Å²) in [5.74, 6) is 2.67. The Morgan fingerprint density at radius 2 is 1.89 bits per heavy atom. The van der Waals surface area contributed by atoms with Gasteiger partial charge in [0, 0.05) is 17.7 Å². The summed E-state index contributed by atoms with van der Waals surface area (Å²) < 4.78 is 7.36. The van der Waals surface area contributed by atoms with Gasteiger partial charge in [-0.15, -0.1) is 10.2 Å². The lowest BCUT2D eigenvalue weighted by Crippen LogP contribution is -1.99. The molecule has 2 aromatic heterocycles. The second-order valence-electron chi connectivity index (χ2n) is 6.09. The first-order chi connectivity index (χ1) is 13.2. The summed E-state index contributed by atoms with van der Waals surface area (Å²) in [7, 11) is 0. The van der Waals surface area contributed by atoms with E-state index in [9.17, 15) is 0 Å². The molecule has 4 rings (SSSR count). The average Bonchev–Trinajstić information content (AvgIpc) is 3.34. The number of rotatable bonds is 6. The van der Waals surface area contributed by atoms with Crippen LogP contribution in [-0.2, 0) is 12.2 Å². The number of thioether (sulfide) groups is 1. The molecule has 0 aliphatic heterocycles. The lowest BCUT2D eigenvalue weighted by molar-refractivity contribution is 0.385. The first-order valence-electron chi connectivity index (χ1n) is 8.76.